The van der Waals surface area contributed by atoms with Gasteiger partial charge in [0.2, 0.25) is 0 Å². The minimum Gasteiger partial charge on any atom is -0.465 e. The SMILES string of the molecule is CCC(C)C(C)CCCCCCOC(=O)C1CCC(C(=O)OCCCCCCC(C)C(C)CC)CC1. The molecule has 4 atom stereocenters. The average Bonchev–Trinajstić information content (AvgIpc) is 2.90. The summed E-state index contributed by atoms with van der Waals surface area (Å²) in [5, 5.41) is 0. The Morgan fingerprint density at radius 2 is 0.889 bits per heavy atom. The largest absolute Gasteiger partial charge is 0.465 e. The van der Waals surface area contributed by atoms with Gasteiger partial charge in [0.1, 0.15) is 0 Å². The Labute approximate surface area is 224 Å². The Kier molecular flexibility index (Phi) is 18.3. The van der Waals surface area contributed by atoms with Gasteiger partial charge in [-0.15, -0.1) is 0 Å². The van der Waals surface area contributed by atoms with Crippen LogP contribution in [0.25, 0.3) is 0 Å². The number of carbonyl (C=O) groups excluding carboxylic acids is 2. The summed E-state index contributed by atoms with van der Waals surface area (Å²) in [6.07, 6.45) is 17.3. The van der Waals surface area contributed by atoms with Gasteiger partial charge in [0, 0.05) is 0 Å². The first kappa shape index (κ1) is 33.0. The monoisotopic (exact) mass is 508 g/mol. The van der Waals surface area contributed by atoms with Gasteiger partial charge in [0.05, 0.1) is 25.0 Å². The molecule has 1 saturated carbocycles. The molecule has 1 aliphatic rings. The van der Waals surface area contributed by atoms with E-state index < -0.39 is 0 Å². The number of hydrogen-bond donors (Lipinski definition) is 0. The van der Waals surface area contributed by atoms with Crippen molar-refractivity contribution < 1.29 is 19.1 Å². The van der Waals surface area contributed by atoms with E-state index >= 15 is 0 Å². The fourth-order valence-corrected chi connectivity index (χ4v) is 5.36. The number of esters is 2. The number of rotatable bonds is 20. The van der Waals surface area contributed by atoms with Crippen molar-refractivity contribution in [2.75, 3.05) is 13.2 Å². The maximum Gasteiger partial charge on any atom is 0.308 e. The van der Waals surface area contributed by atoms with Crippen LogP contribution in [-0.2, 0) is 19.1 Å². The second kappa shape index (κ2) is 20.0. The van der Waals surface area contributed by atoms with Crippen LogP contribution in [0.5, 0.6) is 0 Å². The van der Waals surface area contributed by atoms with E-state index in [1.807, 2.05) is 0 Å². The number of hydrogen-bond acceptors (Lipinski definition) is 4. The summed E-state index contributed by atoms with van der Waals surface area (Å²) in [6, 6.07) is 0. The first-order chi connectivity index (χ1) is 17.3. The van der Waals surface area contributed by atoms with E-state index in [4.69, 9.17) is 9.47 Å². The summed E-state index contributed by atoms with van der Waals surface area (Å²) in [7, 11) is 0. The van der Waals surface area contributed by atoms with E-state index in [0.717, 1.165) is 75.0 Å². The van der Waals surface area contributed by atoms with Crippen LogP contribution >= 0.6 is 0 Å². The van der Waals surface area contributed by atoms with Crippen molar-refractivity contribution in [2.24, 2.45) is 35.5 Å². The lowest BCUT2D eigenvalue weighted by molar-refractivity contribution is -0.155. The summed E-state index contributed by atoms with van der Waals surface area (Å²) >= 11 is 0. The number of ether oxygens (including phenoxy) is 2. The predicted octanol–water partition coefficient (Wildman–Crippen LogP) is 9.14. The van der Waals surface area contributed by atoms with E-state index in [2.05, 4.69) is 41.5 Å². The zero-order valence-electron chi connectivity index (χ0n) is 24.8. The molecule has 0 N–H and O–H groups in total. The standard InChI is InChI=1S/C32H60O4/c1-7-25(3)27(5)17-13-9-11-15-23-35-31(33)29-19-21-30(22-20-29)32(34)36-24-16-12-10-14-18-28(6)26(4)8-2/h25-30H,7-24H2,1-6H3. The molecule has 0 saturated heterocycles. The zero-order valence-corrected chi connectivity index (χ0v) is 24.8. The molecule has 4 heteroatoms. The van der Waals surface area contributed by atoms with E-state index in [0.29, 0.717) is 13.2 Å². The number of carbonyl (C=O) groups is 2. The molecule has 4 unspecified atom stereocenters. The molecule has 212 valence electrons. The third kappa shape index (κ3) is 14.0. The molecule has 0 bridgehead atoms. The lowest BCUT2D eigenvalue weighted by Crippen LogP contribution is -2.28. The summed E-state index contributed by atoms with van der Waals surface area (Å²) in [6.45, 7) is 15.0. The number of unbranched alkanes of at least 4 members (excludes halogenated alkanes) is 6. The molecule has 0 spiro atoms. The van der Waals surface area contributed by atoms with E-state index in [1.165, 1.54) is 51.4 Å². The highest BCUT2D eigenvalue weighted by atomic mass is 16.5. The van der Waals surface area contributed by atoms with Crippen LogP contribution < -0.4 is 0 Å². The highest BCUT2D eigenvalue weighted by Crippen LogP contribution is 2.30. The third-order valence-electron chi connectivity index (χ3n) is 9.22. The van der Waals surface area contributed by atoms with Crippen LogP contribution in [0.1, 0.15) is 144 Å². The normalized spacial score (nSPS) is 21.4. The first-order valence-electron chi connectivity index (χ1n) is 15.6. The fraction of sp³-hybridized carbons (Fsp3) is 0.938. The van der Waals surface area contributed by atoms with E-state index in [-0.39, 0.29) is 23.8 Å². The van der Waals surface area contributed by atoms with Gasteiger partial charge in [0.15, 0.2) is 0 Å². The van der Waals surface area contributed by atoms with Crippen molar-refractivity contribution in [2.45, 2.75) is 144 Å². The van der Waals surface area contributed by atoms with Crippen LogP contribution in [0, 0.1) is 35.5 Å². The second-order valence-corrected chi connectivity index (χ2v) is 12.0. The van der Waals surface area contributed by atoms with Crippen molar-refractivity contribution in [3.05, 3.63) is 0 Å². The molecular formula is C32H60O4. The van der Waals surface area contributed by atoms with Gasteiger partial charge < -0.3 is 9.47 Å². The van der Waals surface area contributed by atoms with Gasteiger partial charge in [-0.1, -0.05) is 106 Å². The van der Waals surface area contributed by atoms with Crippen molar-refractivity contribution in [3.63, 3.8) is 0 Å². The maximum atomic E-state index is 12.4. The predicted molar refractivity (Wildman–Crippen MR) is 151 cm³/mol. The van der Waals surface area contributed by atoms with Gasteiger partial charge in [-0.05, 0) is 62.2 Å². The Hall–Kier alpha value is -1.06. The molecule has 1 aliphatic carbocycles. The molecule has 4 nitrogen and oxygen atoms in total. The van der Waals surface area contributed by atoms with E-state index in [9.17, 15) is 9.59 Å². The third-order valence-corrected chi connectivity index (χ3v) is 9.22. The highest BCUT2D eigenvalue weighted by molar-refractivity contribution is 5.75. The van der Waals surface area contributed by atoms with Crippen LogP contribution in [0.4, 0.5) is 0 Å². The van der Waals surface area contributed by atoms with Crippen molar-refractivity contribution in [1.29, 1.82) is 0 Å². The Balaban J connectivity index is 2.03. The van der Waals surface area contributed by atoms with Crippen LogP contribution in [0.2, 0.25) is 0 Å². The quantitative estimate of drug-likeness (QED) is 0.121. The molecule has 0 heterocycles. The molecule has 0 radical (unpaired) electrons. The lowest BCUT2D eigenvalue weighted by Gasteiger charge is -2.26. The molecular weight excluding hydrogens is 448 g/mol. The second-order valence-electron chi connectivity index (χ2n) is 12.0. The fourth-order valence-electron chi connectivity index (χ4n) is 5.36. The molecule has 0 aromatic heterocycles. The van der Waals surface area contributed by atoms with Gasteiger partial charge in [0.25, 0.3) is 0 Å². The first-order valence-corrected chi connectivity index (χ1v) is 15.6. The summed E-state index contributed by atoms with van der Waals surface area (Å²) < 4.78 is 11.1. The summed E-state index contributed by atoms with van der Waals surface area (Å²) in [5.41, 5.74) is 0. The Morgan fingerprint density at radius 3 is 1.22 bits per heavy atom. The molecule has 36 heavy (non-hydrogen) atoms. The Morgan fingerprint density at radius 1 is 0.556 bits per heavy atom. The minimum atomic E-state index is -0.0603. The van der Waals surface area contributed by atoms with Crippen molar-refractivity contribution >= 4 is 11.9 Å². The maximum absolute atomic E-state index is 12.4. The molecule has 0 aliphatic heterocycles. The summed E-state index contributed by atoms with van der Waals surface area (Å²) in [4.78, 5) is 24.8. The molecule has 1 fully saturated rings. The smallest absolute Gasteiger partial charge is 0.308 e. The lowest BCUT2D eigenvalue weighted by atomic mass is 9.82. The minimum absolute atomic E-state index is 0.0387. The zero-order chi connectivity index (χ0) is 26.8. The topological polar surface area (TPSA) is 52.6 Å². The van der Waals surface area contributed by atoms with E-state index in [1.54, 1.807) is 0 Å². The van der Waals surface area contributed by atoms with Gasteiger partial charge in [-0.25, -0.2) is 0 Å². The van der Waals surface area contributed by atoms with Gasteiger partial charge >= 0.3 is 11.9 Å². The molecule has 1 rings (SSSR count). The van der Waals surface area contributed by atoms with Gasteiger partial charge in [-0.2, -0.15) is 0 Å². The van der Waals surface area contributed by atoms with Gasteiger partial charge in [-0.3, -0.25) is 9.59 Å². The van der Waals surface area contributed by atoms with Crippen molar-refractivity contribution in [3.8, 4) is 0 Å². The molecule has 0 aromatic carbocycles. The Bertz CT molecular complexity index is 517. The van der Waals surface area contributed by atoms with Crippen LogP contribution in [0.3, 0.4) is 0 Å². The summed E-state index contributed by atoms with van der Waals surface area (Å²) in [5.74, 6) is 3.03. The molecule has 0 aromatic rings. The van der Waals surface area contributed by atoms with Crippen LogP contribution in [-0.4, -0.2) is 25.2 Å². The van der Waals surface area contributed by atoms with Crippen molar-refractivity contribution in [1.82, 2.24) is 0 Å². The van der Waals surface area contributed by atoms with Crippen LogP contribution in [0.15, 0.2) is 0 Å². The highest BCUT2D eigenvalue weighted by Gasteiger charge is 2.31. The molecule has 0 amide bonds. The average molecular weight is 509 g/mol.